The standard InChI is InChI=1S/C19H22O2/c1-21-17-9-4-6-15(12-17)13-19(14-20)11-5-8-16-7-2-3-10-18(16)19/h2-4,6-7,9-10,12,20H,5,8,11,13-14H2,1H3. The van der Waals surface area contributed by atoms with Crippen molar-refractivity contribution < 1.29 is 9.84 Å². The van der Waals surface area contributed by atoms with E-state index in [0.717, 1.165) is 31.4 Å². The zero-order chi connectivity index (χ0) is 14.7. The van der Waals surface area contributed by atoms with Crippen LogP contribution in [0.2, 0.25) is 0 Å². The van der Waals surface area contributed by atoms with Gasteiger partial charge in [-0.1, -0.05) is 36.4 Å². The molecular weight excluding hydrogens is 260 g/mol. The summed E-state index contributed by atoms with van der Waals surface area (Å²) in [5.74, 6) is 0.879. The minimum Gasteiger partial charge on any atom is -0.497 e. The van der Waals surface area contributed by atoms with Crippen molar-refractivity contribution in [1.82, 2.24) is 0 Å². The van der Waals surface area contributed by atoms with Crippen molar-refractivity contribution in [3.05, 3.63) is 65.2 Å². The normalized spacial score (nSPS) is 20.9. The Morgan fingerprint density at radius 1 is 1.14 bits per heavy atom. The fourth-order valence-electron chi connectivity index (χ4n) is 3.58. The average molecular weight is 282 g/mol. The van der Waals surface area contributed by atoms with Gasteiger partial charge in [0.15, 0.2) is 0 Å². The molecule has 0 heterocycles. The number of aliphatic hydroxyl groups is 1. The van der Waals surface area contributed by atoms with Gasteiger partial charge in [0.05, 0.1) is 13.7 Å². The van der Waals surface area contributed by atoms with E-state index in [0.29, 0.717) is 0 Å². The van der Waals surface area contributed by atoms with E-state index in [2.05, 4.69) is 36.4 Å². The molecule has 2 aromatic carbocycles. The molecule has 0 bridgehead atoms. The Morgan fingerprint density at radius 2 is 2.00 bits per heavy atom. The van der Waals surface area contributed by atoms with Crippen LogP contribution >= 0.6 is 0 Å². The highest BCUT2D eigenvalue weighted by Crippen LogP contribution is 2.40. The summed E-state index contributed by atoms with van der Waals surface area (Å²) < 4.78 is 5.32. The lowest BCUT2D eigenvalue weighted by Crippen LogP contribution is -2.37. The zero-order valence-corrected chi connectivity index (χ0v) is 12.5. The smallest absolute Gasteiger partial charge is 0.119 e. The quantitative estimate of drug-likeness (QED) is 0.930. The van der Waals surface area contributed by atoms with E-state index >= 15 is 0 Å². The van der Waals surface area contributed by atoms with Gasteiger partial charge in [0, 0.05) is 5.41 Å². The van der Waals surface area contributed by atoms with Gasteiger partial charge < -0.3 is 9.84 Å². The van der Waals surface area contributed by atoms with Gasteiger partial charge in [-0.15, -0.1) is 0 Å². The molecule has 0 fully saturated rings. The molecule has 0 saturated carbocycles. The number of hydrogen-bond acceptors (Lipinski definition) is 2. The summed E-state index contributed by atoms with van der Waals surface area (Å²) in [7, 11) is 1.69. The fourth-order valence-corrected chi connectivity index (χ4v) is 3.58. The van der Waals surface area contributed by atoms with Gasteiger partial charge in [-0.05, 0) is 54.5 Å². The van der Waals surface area contributed by atoms with E-state index in [4.69, 9.17) is 4.74 Å². The minimum atomic E-state index is -0.152. The highest BCUT2D eigenvalue weighted by Gasteiger charge is 2.35. The van der Waals surface area contributed by atoms with Crippen molar-refractivity contribution in [1.29, 1.82) is 0 Å². The van der Waals surface area contributed by atoms with E-state index in [1.54, 1.807) is 7.11 Å². The lowest BCUT2D eigenvalue weighted by molar-refractivity contribution is 0.173. The van der Waals surface area contributed by atoms with Gasteiger partial charge in [0.2, 0.25) is 0 Å². The van der Waals surface area contributed by atoms with E-state index in [9.17, 15) is 5.11 Å². The average Bonchev–Trinajstić information content (AvgIpc) is 2.55. The molecule has 0 saturated heterocycles. The lowest BCUT2D eigenvalue weighted by atomic mass is 9.67. The lowest BCUT2D eigenvalue weighted by Gasteiger charge is -2.38. The molecule has 1 aliphatic rings. The number of benzene rings is 2. The van der Waals surface area contributed by atoms with Crippen LogP contribution in [0, 0.1) is 0 Å². The second-order valence-electron chi connectivity index (χ2n) is 5.98. The molecule has 0 spiro atoms. The molecule has 1 aliphatic carbocycles. The van der Waals surface area contributed by atoms with Crippen LogP contribution in [0.1, 0.15) is 29.5 Å². The molecule has 21 heavy (non-hydrogen) atoms. The summed E-state index contributed by atoms with van der Waals surface area (Å²) in [5, 5.41) is 10.1. The molecule has 110 valence electrons. The molecule has 2 aromatic rings. The van der Waals surface area contributed by atoms with Gasteiger partial charge in [-0.25, -0.2) is 0 Å². The van der Waals surface area contributed by atoms with E-state index in [1.807, 2.05) is 12.1 Å². The highest BCUT2D eigenvalue weighted by molar-refractivity contribution is 5.40. The molecule has 2 nitrogen and oxygen atoms in total. The summed E-state index contributed by atoms with van der Waals surface area (Å²) in [4.78, 5) is 0. The van der Waals surface area contributed by atoms with Gasteiger partial charge >= 0.3 is 0 Å². The van der Waals surface area contributed by atoms with E-state index < -0.39 is 0 Å². The van der Waals surface area contributed by atoms with Crippen LogP contribution in [0.25, 0.3) is 0 Å². The summed E-state index contributed by atoms with van der Waals surface area (Å²) in [6.45, 7) is 0.196. The predicted octanol–water partition coefficient (Wildman–Crippen LogP) is 3.50. The maximum Gasteiger partial charge on any atom is 0.119 e. The van der Waals surface area contributed by atoms with Gasteiger partial charge in [0.1, 0.15) is 5.75 Å². The summed E-state index contributed by atoms with van der Waals surface area (Å²) in [6.07, 6.45) is 4.16. The first-order valence-electron chi connectivity index (χ1n) is 7.60. The number of rotatable bonds is 4. The Kier molecular flexibility index (Phi) is 3.98. The van der Waals surface area contributed by atoms with E-state index in [1.165, 1.54) is 16.7 Å². The Bertz CT molecular complexity index is 620. The van der Waals surface area contributed by atoms with E-state index in [-0.39, 0.29) is 12.0 Å². The van der Waals surface area contributed by atoms with Crippen LogP contribution in [-0.4, -0.2) is 18.8 Å². The van der Waals surface area contributed by atoms with Gasteiger partial charge in [0.25, 0.3) is 0 Å². The number of aliphatic hydroxyl groups excluding tert-OH is 1. The zero-order valence-electron chi connectivity index (χ0n) is 12.5. The largest absolute Gasteiger partial charge is 0.497 e. The Morgan fingerprint density at radius 3 is 2.81 bits per heavy atom. The molecule has 1 unspecified atom stereocenters. The van der Waals surface area contributed by atoms with Crippen molar-refractivity contribution in [3.8, 4) is 5.75 Å². The Balaban J connectivity index is 1.98. The summed E-state index contributed by atoms with van der Waals surface area (Å²) in [5.41, 5.74) is 3.78. The van der Waals surface area contributed by atoms with Crippen molar-refractivity contribution in [2.75, 3.05) is 13.7 Å². The van der Waals surface area contributed by atoms with Crippen molar-refractivity contribution in [3.63, 3.8) is 0 Å². The van der Waals surface area contributed by atoms with Crippen LogP contribution in [0.15, 0.2) is 48.5 Å². The molecule has 1 atom stereocenters. The molecule has 0 amide bonds. The topological polar surface area (TPSA) is 29.5 Å². The third-order valence-corrected chi connectivity index (χ3v) is 4.67. The monoisotopic (exact) mass is 282 g/mol. The van der Waals surface area contributed by atoms with Crippen molar-refractivity contribution >= 4 is 0 Å². The predicted molar refractivity (Wildman–Crippen MR) is 84.8 cm³/mol. The summed E-state index contributed by atoms with van der Waals surface area (Å²) >= 11 is 0. The third-order valence-electron chi connectivity index (χ3n) is 4.67. The van der Waals surface area contributed by atoms with Crippen LogP contribution in [0.3, 0.4) is 0 Å². The second kappa shape index (κ2) is 5.90. The van der Waals surface area contributed by atoms with Crippen LogP contribution < -0.4 is 4.74 Å². The molecule has 0 aliphatic heterocycles. The second-order valence-corrected chi connectivity index (χ2v) is 5.98. The van der Waals surface area contributed by atoms with Crippen molar-refractivity contribution in [2.24, 2.45) is 0 Å². The maximum atomic E-state index is 10.1. The minimum absolute atomic E-state index is 0.152. The number of fused-ring (bicyclic) bond motifs is 1. The molecule has 3 rings (SSSR count). The molecule has 1 N–H and O–H groups in total. The number of ether oxygens (including phenoxy) is 1. The third kappa shape index (κ3) is 2.68. The van der Waals surface area contributed by atoms with Gasteiger partial charge in [-0.2, -0.15) is 0 Å². The SMILES string of the molecule is COc1cccc(CC2(CO)CCCc3ccccc32)c1. The first kappa shape index (κ1) is 14.2. The first-order valence-corrected chi connectivity index (χ1v) is 7.60. The van der Waals surface area contributed by atoms with Crippen LogP contribution in [-0.2, 0) is 18.3 Å². The Labute approximate surface area is 126 Å². The first-order chi connectivity index (χ1) is 10.3. The fraction of sp³-hybridized carbons (Fsp3) is 0.368. The highest BCUT2D eigenvalue weighted by atomic mass is 16.5. The van der Waals surface area contributed by atoms with Crippen molar-refractivity contribution in [2.45, 2.75) is 31.1 Å². The Hall–Kier alpha value is -1.80. The van der Waals surface area contributed by atoms with Gasteiger partial charge in [-0.3, -0.25) is 0 Å². The molecule has 2 heteroatoms. The maximum absolute atomic E-state index is 10.1. The number of aryl methyl sites for hydroxylation is 1. The molecule has 0 aromatic heterocycles. The number of methoxy groups -OCH3 is 1. The molecule has 0 radical (unpaired) electrons. The molecular formula is C19H22O2. The van der Waals surface area contributed by atoms with Crippen LogP contribution in [0.5, 0.6) is 5.75 Å². The summed E-state index contributed by atoms with van der Waals surface area (Å²) in [6, 6.07) is 16.7. The number of hydrogen-bond donors (Lipinski definition) is 1. The van der Waals surface area contributed by atoms with Crippen LogP contribution in [0.4, 0.5) is 0 Å².